The number of nitrogen functional groups attached to an aromatic ring is 1. The SMILES string of the molecule is CC(C)(C)OC(=O)c1cccc(N)n1.CCOC=O. The lowest BCUT2D eigenvalue weighted by Gasteiger charge is -2.18. The second kappa shape index (κ2) is 8.07. The van der Waals surface area contributed by atoms with Crippen LogP contribution in [0.5, 0.6) is 0 Å². The predicted octanol–water partition coefficient (Wildman–Crippen LogP) is 1.80. The predicted molar refractivity (Wildman–Crippen MR) is 71.5 cm³/mol. The number of hydrogen-bond acceptors (Lipinski definition) is 6. The van der Waals surface area contributed by atoms with Gasteiger partial charge in [0.15, 0.2) is 5.69 Å². The Hall–Kier alpha value is -2.11. The first-order chi connectivity index (χ1) is 8.80. The molecule has 19 heavy (non-hydrogen) atoms. The van der Waals surface area contributed by atoms with E-state index in [1.165, 1.54) is 0 Å². The van der Waals surface area contributed by atoms with Crippen molar-refractivity contribution >= 4 is 18.3 Å². The molecule has 0 saturated heterocycles. The van der Waals surface area contributed by atoms with Gasteiger partial charge in [-0.2, -0.15) is 0 Å². The molecule has 0 unspecified atom stereocenters. The van der Waals surface area contributed by atoms with Crippen LogP contribution < -0.4 is 5.73 Å². The van der Waals surface area contributed by atoms with Crippen molar-refractivity contribution in [2.24, 2.45) is 0 Å². The zero-order valence-corrected chi connectivity index (χ0v) is 11.7. The van der Waals surface area contributed by atoms with Crippen LogP contribution in [0.2, 0.25) is 0 Å². The van der Waals surface area contributed by atoms with Crippen LogP contribution in [0.4, 0.5) is 5.82 Å². The Morgan fingerprint density at radius 1 is 1.42 bits per heavy atom. The van der Waals surface area contributed by atoms with Crippen LogP contribution in [0.15, 0.2) is 18.2 Å². The van der Waals surface area contributed by atoms with Crippen LogP contribution in [0.25, 0.3) is 0 Å². The number of nitrogens with two attached hydrogens (primary N) is 1. The number of anilines is 1. The van der Waals surface area contributed by atoms with E-state index in [1.807, 2.05) is 0 Å². The first-order valence-corrected chi connectivity index (χ1v) is 5.81. The van der Waals surface area contributed by atoms with E-state index < -0.39 is 11.6 Å². The summed E-state index contributed by atoms with van der Waals surface area (Å²) in [5.41, 5.74) is 5.17. The Kier molecular flexibility index (Phi) is 7.18. The highest BCUT2D eigenvalue weighted by Crippen LogP contribution is 2.11. The number of ether oxygens (including phenoxy) is 2. The van der Waals surface area contributed by atoms with Crippen molar-refractivity contribution in [2.75, 3.05) is 12.3 Å². The highest BCUT2D eigenvalue weighted by atomic mass is 16.6. The molecule has 1 heterocycles. The normalized spacial score (nSPS) is 9.89. The molecule has 6 nitrogen and oxygen atoms in total. The van der Waals surface area contributed by atoms with E-state index in [9.17, 15) is 9.59 Å². The van der Waals surface area contributed by atoms with Crippen LogP contribution >= 0.6 is 0 Å². The van der Waals surface area contributed by atoms with Gasteiger partial charge in [0.1, 0.15) is 11.4 Å². The number of carbonyl (C=O) groups excluding carboxylic acids is 2. The summed E-state index contributed by atoms with van der Waals surface area (Å²) >= 11 is 0. The van der Waals surface area contributed by atoms with E-state index in [4.69, 9.17) is 10.5 Å². The standard InChI is InChI=1S/C10H14N2O2.C3H6O2/c1-10(2,3)14-9(13)7-5-4-6-8(11)12-7;1-2-5-3-4/h4-6H,1-3H3,(H2,11,12);3H,2H2,1H3. The number of hydrogen-bond donors (Lipinski definition) is 1. The minimum absolute atomic E-state index is 0.236. The van der Waals surface area contributed by atoms with Gasteiger partial charge in [0.05, 0.1) is 6.61 Å². The molecule has 0 aromatic carbocycles. The van der Waals surface area contributed by atoms with Crippen molar-refractivity contribution in [2.45, 2.75) is 33.3 Å². The summed E-state index contributed by atoms with van der Waals surface area (Å²) in [4.78, 5) is 24.5. The third-order valence-corrected chi connectivity index (χ3v) is 1.61. The van der Waals surface area contributed by atoms with Crippen LogP contribution in [-0.4, -0.2) is 29.6 Å². The van der Waals surface area contributed by atoms with Gasteiger partial charge in [0, 0.05) is 0 Å². The molecule has 0 amide bonds. The lowest BCUT2D eigenvalue weighted by atomic mass is 10.2. The Balaban J connectivity index is 0.000000555. The van der Waals surface area contributed by atoms with Gasteiger partial charge in [-0.25, -0.2) is 9.78 Å². The van der Waals surface area contributed by atoms with Crippen LogP contribution in [0.1, 0.15) is 38.2 Å². The molecular formula is C13H20N2O4. The first-order valence-electron chi connectivity index (χ1n) is 5.81. The molecule has 2 N–H and O–H groups in total. The highest BCUT2D eigenvalue weighted by molar-refractivity contribution is 5.87. The molecule has 1 rings (SSSR count). The maximum atomic E-state index is 11.5. The number of rotatable bonds is 3. The fourth-order valence-electron chi connectivity index (χ4n) is 0.964. The maximum absolute atomic E-state index is 11.5. The smallest absolute Gasteiger partial charge is 0.357 e. The monoisotopic (exact) mass is 268 g/mol. The number of nitrogens with zero attached hydrogens (tertiary/aromatic N) is 1. The van der Waals surface area contributed by atoms with Gasteiger partial charge in [0.25, 0.3) is 6.47 Å². The van der Waals surface area contributed by atoms with Crippen LogP contribution in [0.3, 0.4) is 0 Å². The average molecular weight is 268 g/mol. The molecule has 1 aromatic heterocycles. The van der Waals surface area contributed by atoms with Gasteiger partial charge < -0.3 is 15.2 Å². The summed E-state index contributed by atoms with van der Waals surface area (Å²) in [6.07, 6.45) is 0. The molecule has 0 aliphatic carbocycles. The Bertz CT molecular complexity index is 413. The Morgan fingerprint density at radius 2 is 2.05 bits per heavy atom. The summed E-state index contributed by atoms with van der Waals surface area (Å²) in [7, 11) is 0. The lowest BCUT2D eigenvalue weighted by Crippen LogP contribution is -2.24. The Morgan fingerprint density at radius 3 is 2.42 bits per heavy atom. The zero-order valence-electron chi connectivity index (χ0n) is 11.7. The second-order valence-electron chi connectivity index (χ2n) is 4.50. The molecule has 1 aromatic rings. The summed E-state index contributed by atoms with van der Waals surface area (Å²) in [5.74, 6) is -0.141. The van der Waals surface area contributed by atoms with Crippen LogP contribution in [-0.2, 0) is 14.3 Å². The van der Waals surface area contributed by atoms with Gasteiger partial charge in [-0.15, -0.1) is 0 Å². The van der Waals surface area contributed by atoms with Gasteiger partial charge in [0.2, 0.25) is 0 Å². The molecule has 0 atom stereocenters. The van der Waals surface area contributed by atoms with E-state index >= 15 is 0 Å². The molecule has 106 valence electrons. The molecule has 6 heteroatoms. The van der Waals surface area contributed by atoms with Crippen molar-refractivity contribution in [1.82, 2.24) is 4.98 Å². The van der Waals surface area contributed by atoms with Crippen molar-refractivity contribution in [3.05, 3.63) is 23.9 Å². The maximum Gasteiger partial charge on any atom is 0.357 e. The molecule has 0 fully saturated rings. The number of carbonyl (C=O) groups is 2. The third kappa shape index (κ3) is 8.59. The minimum Gasteiger partial charge on any atom is -0.468 e. The summed E-state index contributed by atoms with van der Waals surface area (Å²) in [6, 6.07) is 4.86. The lowest BCUT2D eigenvalue weighted by molar-refractivity contribution is -0.128. The largest absolute Gasteiger partial charge is 0.468 e. The molecule has 0 aliphatic heterocycles. The quantitative estimate of drug-likeness (QED) is 0.664. The van der Waals surface area contributed by atoms with Crippen molar-refractivity contribution in [3.63, 3.8) is 0 Å². The molecule has 0 bridgehead atoms. The fraction of sp³-hybridized carbons (Fsp3) is 0.462. The van der Waals surface area contributed by atoms with E-state index in [-0.39, 0.29) is 5.69 Å². The van der Waals surface area contributed by atoms with Gasteiger partial charge in [-0.3, -0.25) is 4.79 Å². The zero-order chi connectivity index (χ0) is 14.9. The fourth-order valence-corrected chi connectivity index (χ4v) is 0.964. The second-order valence-corrected chi connectivity index (χ2v) is 4.50. The molecular weight excluding hydrogens is 248 g/mol. The van der Waals surface area contributed by atoms with Crippen LogP contribution in [0, 0.1) is 0 Å². The number of pyridine rings is 1. The van der Waals surface area contributed by atoms with E-state index in [0.29, 0.717) is 18.9 Å². The minimum atomic E-state index is -0.511. The van der Waals surface area contributed by atoms with Gasteiger partial charge >= 0.3 is 5.97 Å². The molecule has 0 aliphatic rings. The third-order valence-electron chi connectivity index (χ3n) is 1.61. The van der Waals surface area contributed by atoms with Crippen molar-refractivity contribution < 1.29 is 19.1 Å². The molecule has 0 spiro atoms. The molecule has 0 saturated carbocycles. The average Bonchev–Trinajstić information content (AvgIpc) is 2.28. The first kappa shape index (κ1) is 16.9. The van der Waals surface area contributed by atoms with E-state index in [0.717, 1.165) is 0 Å². The summed E-state index contributed by atoms with van der Waals surface area (Å²) < 4.78 is 9.27. The van der Waals surface area contributed by atoms with Gasteiger partial charge in [-0.1, -0.05) is 6.07 Å². The van der Waals surface area contributed by atoms with Crippen molar-refractivity contribution in [3.8, 4) is 0 Å². The topological polar surface area (TPSA) is 91.5 Å². The van der Waals surface area contributed by atoms with Crippen molar-refractivity contribution in [1.29, 1.82) is 0 Å². The highest BCUT2D eigenvalue weighted by Gasteiger charge is 2.18. The van der Waals surface area contributed by atoms with E-state index in [2.05, 4.69) is 9.72 Å². The van der Waals surface area contributed by atoms with Gasteiger partial charge in [-0.05, 0) is 39.8 Å². The Labute approximate surface area is 112 Å². The number of aromatic nitrogens is 1. The number of esters is 1. The summed E-state index contributed by atoms with van der Waals surface area (Å²) in [6.45, 7) is 8.07. The summed E-state index contributed by atoms with van der Waals surface area (Å²) in [5, 5.41) is 0. The van der Waals surface area contributed by atoms with E-state index in [1.54, 1.807) is 45.9 Å². The molecule has 0 radical (unpaired) electrons.